The quantitative estimate of drug-likeness (QED) is 0.414. The number of carbonyl (C=O) groups is 1. The summed E-state index contributed by atoms with van der Waals surface area (Å²) >= 11 is 0. The zero-order valence-electron chi connectivity index (χ0n) is 15.2. The largest absolute Gasteiger partial charge is 0.488 e. The van der Waals surface area contributed by atoms with E-state index in [1.54, 1.807) is 18.5 Å². The number of nitriles is 1. The predicted octanol–water partition coefficient (Wildman–Crippen LogP) is -0.140. The normalized spacial score (nSPS) is 23.9. The van der Waals surface area contributed by atoms with Gasteiger partial charge in [-0.1, -0.05) is 0 Å². The summed E-state index contributed by atoms with van der Waals surface area (Å²) in [7, 11) is 0. The topological polar surface area (TPSA) is 151 Å². The highest BCUT2D eigenvalue weighted by molar-refractivity contribution is 5.94. The van der Waals surface area contributed by atoms with Gasteiger partial charge in [-0.05, 0) is 25.2 Å². The van der Waals surface area contributed by atoms with Gasteiger partial charge in [-0.2, -0.15) is 5.26 Å². The Morgan fingerprint density at radius 1 is 1.41 bits per heavy atom. The molecule has 146 valence electrons. The average Bonchev–Trinajstić information content (AvgIpc) is 2.61. The van der Waals surface area contributed by atoms with Gasteiger partial charge in [-0.25, -0.2) is 0 Å². The summed E-state index contributed by atoms with van der Waals surface area (Å²) in [6.07, 6.45) is 5.82. The van der Waals surface area contributed by atoms with Crippen molar-refractivity contribution in [1.82, 2.24) is 15.6 Å². The number of pyridine rings is 1. The van der Waals surface area contributed by atoms with Crippen molar-refractivity contribution in [2.45, 2.75) is 44.1 Å². The molecule has 1 saturated heterocycles. The average molecular weight is 373 g/mol. The molecule has 2 heterocycles. The number of aromatic nitrogens is 1. The summed E-state index contributed by atoms with van der Waals surface area (Å²) in [5, 5.41) is 18.2. The molecular weight excluding hydrogens is 346 g/mol. The van der Waals surface area contributed by atoms with Crippen molar-refractivity contribution in [3.8, 4) is 11.8 Å². The number of anilines is 1. The fourth-order valence-corrected chi connectivity index (χ4v) is 3.27. The third-order valence-corrected chi connectivity index (χ3v) is 5.09. The highest BCUT2D eigenvalue weighted by Crippen LogP contribution is 2.30. The minimum atomic E-state index is -0.852. The van der Waals surface area contributed by atoms with Crippen LogP contribution in [0.25, 0.3) is 0 Å². The Labute approximate surface area is 158 Å². The monoisotopic (exact) mass is 373 g/mol. The van der Waals surface area contributed by atoms with Crippen molar-refractivity contribution >= 4 is 11.6 Å². The molecule has 3 rings (SSSR count). The van der Waals surface area contributed by atoms with E-state index >= 15 is 0 Å². The Balaban J connectivity index is 1.65. The van der Waals surface area contributed by atoms with Gasteiger partial charge in [-0.15, -0.1) is 0 Å². The van der Waals surface area contributed by atoms with Gasteiger partial charge in [0.1, 0.15) is 11.4 Å². The van der Waals surface area contributed by atoms with E-state index < -0.39 is 12.1 Å². The second-order valence-electron chi connectivity index (χ2n) is 7.16. The van der Waals surface area contributed by atoms with Gasteiger partial charge in [0.25, 0.3) is 0 Å². The van der Waals surface area contributed by atoms with Gasteiger partial charge in [-0.3, -0.25) is 9.78 Å². The lowest BCUT2D eigenvalue weighted by Gasteiger charge is -2.36. The van der Waals surface area contributed by atoms with Crippen LogP contribution in [0.3, 0.4) is 0 Å². The first-order valence-electron chi connectivity index (χ1n) is 9.35. The molecule has 1 unspecified atom stereocenters. The standard InChI is InChI=1S/C18H27N7O2/c19-6-4-11-8-23-17(24-9-11)15(16(20)21)18(26)25-13-10-22-7-5-14(13)27-12-2-1-3-12/h5,7,10-12,15-17,23-24H,1-4,8-9,20-21H2,(H,25,26). The van der Waals surface area contributed by atoms with Crippen LogP contribution in [0.1, 0.15) is 25.7 Å². The predicted molar refractivity (Wildman–Crippen MR) is 100 cm³/mol. The molecule has 0 radical (unpaired) electrons. The molecule has 1 aromatic heterocycles. The minimum absolute atomic E-state index is 0.189. The molecule has 1 aliphatic carbocycles. The molecule has 1 aromatic rings. The number of hydrogen-bond donors (Lipinski definition) is 5. The Morgan fingerprint density at radius 3 is 2.74 bits per heavy atom. The number of amides is 1. The highest BCUT2D eigenvalue weighted by atomic mass is 16.5. The Hall–Kier alpha value is -2.25. The summed E-state index contributed by atoms with van der Waals surface area (Å²) in [5.74, 6) is -0.194. The van der Waals surface area contributed by atoms with Crippen molar-refractivity contribution < 1.29 is 9.53 Å². The Bertz CT molecular complexity index is 679. The fourth-order valence-electron chi connectivity index (χ4n) is 3.27. The van der Waals surface area contributed by atoms with Crippen LogP contribution in [-0.4, -0.2) is 42.4 Å². The first-order valence-corrected chi connectivity index (χ1v) is 9.35. The molecule has 0 bridgehead atoms. The van der Waals surface area contributed by atoms with Crippen molar-refractivity contribution in [3.05, 3.63) is 18.5 Å². The Morgan fingerprint density at radius 2 is 2.15 bits per heavy atom. The van der Waals surface area contributed by atoms with Gasteiger partial charge in [0.05, 0.1) is 36.6 Å². The minimum Gasteiger partial charge on any atom is -0.488 e. The number of rotatable bonds is 7. The summed E-state index contributed by atoms with van der Waals surface area (Å²) in [5.41, 5.74) is 12.3. The third kappa shape index (κ3) is 4.93. The lowest BCUT2D eigenvalue weighted by atomic mass is 9.96. The molecule has 2 fully saturated rings. The van der Waals surface area contributed by atoms with E-state index in [0.29, 0.717) is 30.9 Å². The van der Waals surface area contributed by atoms with E-state index in [0.717, 1.165) is 19.3 Å². The van der Waals surface area contributed by atoms with Crippen LogP contribution in [0.15, 0.2) is 18.5 Å². The smallest absolute Gasteiger partial charge is 0.233 e. The lowest BCUT2D eigenvalue weighted by Crippen LogP contribution is -2.63. The fraction of sp³-hybridized carbons (Fsp3) is 0.611. The van der Waals surface area contributed by atoms with Crippen LogP contribution in [0.5, 0.6) is 5.75 Å². The van der Waals surface area contributed by atoms with Gasteiger partial charge in [0.15, 0.2) is 0 Å². The molecule has 2 aliphatic rings. The van der Waals surface area contributed by atoms with E-state index in [9.17, 15) is 4.79 Å². The van der Waals surface area contributed by atoms with Gasteiger partial charge in [0.2, 0.25) is 5.91 Å². The van der Waals surface area contributed by atoms with Gasteiger partial charge >= 0.3 is 0 Å². The number of nitrogens with zero attached hydrogens (tertiary/aromatic N) is 2. The molecule has 9 nitrogen and oxygen atoms in total. The first kappa shape index (κ1) is 19.5. The second-order valence-corrected chi connectivity index (χ2v) is 7.16. The molecule has 7 N–H and O–H groups in total. The van der Waals surface area contributed by atoms with Crippen LogP contribution >= 0.6 is 0 Å². The molecule has 9 heteroatoms. The molecule has 0 spiro atoms. The third-order valence-electron chi connectivity index (χ3n) is 5.09. The molecular formula is C18H27N7O2. The van der Waals surface area contributed by atoms with Gasteiger partial charge < -0.3 is 32.2 Å². The van der Waals surface area contributed by atoms with E-state index in [1.165, 1.54) is 0 Å². The SMILES string of the molecule is N#CCC1CNC(C(C(=O)Nc2cnccc2OC2CCC2)C(N)N)NC1. The lowest BCUT2D eigenvalue weighted by molar-refractivity contribution is -0.122. The number of nitrogens with one attached hydrogen (secondary N) is 3. The number of carbonyl (C=O) groups excluding carboxylic acids is 1. The number of hydrogen-bond acceptors (Lipinski definition) is 8. The molecule has 1 saturated carbocycles. The summed E-state index contributed by atoms with van der Waals surface area (Å²) < 4.78 is 5.93. The zero-order chi connectivity index (χ0) is 19.2. The maximum absolute atomic E-state index is 12.9. The summed E-state index contributed by atoms with van der Waals surface area (Å²) in [4.78, 5) is 17.0. The van der Waals surface area contributed by atoms with E-state index in [4.69, 9.17) is 21.5 Å². The summed E-state index contributed by atoms with van der Waals surface area (Å²) in [6.45, 7) is 1.26. The number of ether oxygens (including phenoxy) is 1. The maximum atomic E-state index is 12.9. The van der Waals surface area contributed by atoms with Crippen molar-refractivity contribution in [2.24, 2.45) is 23.3 Å². The summed E-state index contributed by atoms with van der Waals surface area (Å²) in [6, 6.07) is 3.91. The van der Waals surface area contributed by atoms with Crippen molar-refractivity contribution in [1.29, 1.82) is 5.26 Å². The van der Waals surface area contributed by atoms with Crippen LogP contribution in [0.4, 0.5) is 5.69 Å². The second kappa shape index (κ2) is 9.10. The van der Waals surface area contributed by atoms with Crippen molar-refractivity contribution in [2.75, 3.05) is 18.4 Å². The van der Waals surface area contributed by atoms with Crippen LogP contribution in [0, 0.1) is 23.2 Å². The van der Waals surface area contributed by atoms with Crippen LogP contribution in [-0.2, 0) is 4.79 Å². The van der Waals surface area contributed by atoms with Crippen LogP contribution in [0.2, 0.25) is 0 Å². The molecule has 1 atom stereocenters. The Kier molecular flexibility index (Phi) is 6.58. The molecule has 27 heavy (non-hydrogen) atoms. The maximum Gasteiger partial charge on any atom is 0.233 e. The molecule has 1 amide bonds. The first-order chi connectivity index (χ1) is 13.1. The molecule has 1 aliphatic heterocycles. The number of nitrogens with two attached hydrogens (primary N) is 2. The van der Waals surface area contributed by atoms with Crippen LogP contribution < -0.4 is 32.2 Å². The molecule has 0 aromatic carbocycles. The van der Waals surface area contributed by atoms with E-state index in [1.807, 2.05) is 0 Å². The van der Waals surface area contributed by atoms with E-state index in [2.05, 4.69) is 27.0 Å². The highest BCUT2D eigenvalue weighted by Gasteiger charge is 2.35. The van der Waals surface area contributed by atoms with Gasteiger partial charge in [0, 0.05) is 31.8 Å². The zero-order valence-corrected chi connectivity index (χ0v) is 15.2. The van der Waals surface area contributed by atoms with Crippen molar-refractivity contribution in [3.63, 3.8) is 0 Å². The van der Waals surface area contributed by atoms with E-state index in [-0.39, 0.29) is 24.1 Å².